The Balaban J connectivity index is 4.99. The number of hydrogen-bond acceptors (Lipinski definition) is 5. The number of aliphatic carboxylic acids is 2. The Bertz CT molecular complexity index is 298. The van der Waals surface area contributed by atoms with Gasteiger partial charge in [-0.15, -0.1) is 0 Å². The molecule has 0 unspecified atom stereocenters. The largest absolute Gasteiger partial charge is 0.504 e. The number of aliphatic hydroxyl groups is 3. The second kappa shape index (κ2) is 4.00. The van der Waals surface area contributed by atoms with Crippen LogP contribution in [-0.2, 0) is 9.59 Å². The average molecular weight is 190 g/mol. The first-order valence-electron chi connectivity index (χ1n) is 2.85. The quantitative estimate of drug-likeness (QED) is 0.238. The van der Waals surface area contributed by atoms with Gasteiger partial charge in [0.05, 0.1) is 6.08 Å². The second-order valence-electron chi connectivity index (χ2n) is 1.87. The van der Waals surface area contributed by atoms with Crippen LogP contribution in [-0.4, -0.2) is 37.5 Å². The molecule has 5 N–H and O–H groups in total. The normalized spacial score (nSPS) is 13.4. The van der Waals surface area contributed by atoms with E-state index >= 15 is 0 Å². The van der Waals surface area contributed by atoms with Crippen LogP contribution < -0.4 is 0 Å². The predicted molar refractivity (Wildman–Crippen MR) is 38.3 cm³/mol. The van der Waals surface area contributed by atoms with Gasteiger partial charge in [0.15, 0.2) is 5.76 Å². The number of hydrogen-bond donors (Lipinski definition) is 5. The Labute approximate surface area is 71.5 Å². The Morgan fingerprint density at radius 3 is 1.62 bits per heavy atom. The van der Waals surface area contributed by atoms with Gasteiger partial charge in [0.25, 0.3) is 0 Å². The third-order valence-corrected chi connectivity index (χ3v) is 0.930. The first kappa shape index (κ1) is 10.8. The van der Waals surface area contributed by atoms with Gasteiger partial charge in [-0.05, 0) is 0 Å². The van der Waals surface area contributed by atoms with Gasteiger partial charge in [0.1, 0.15) is 0 Å². The lowest BCUT2D eigenvalue weighted by atomic mass is 10.3. The van der Waals surface area contributed by atoms with Crippen LogP contribution in [0.4, 0.5) is 0 Å². The molecule has 0 aromatic heterocycles. The highest BCUT2D eigenvalue weighted by Crippen LogP contribution is 2.06. The summed E-state index contributed by atoms with van der Waals surface area (Å²) in [6, 6.07) is 0. The lowest BCUT2D eigenvalue weighted by Crippen LogP contribution is -2.06. The smallest absolute Gasteiger partial charge is 0.375 e. The lowest BCUT2D eigenvalue weighted by Gasteiger charge is -1.98. The minimum Gasteiger partial charge on any atom is -0.504 e. The van der Waals surface area contributed by atoms with Crippen molar-refractivity contribution in [3.05, 3.63) is 23.4 Å². The number of aliphatic hydroxyl groups excluding tert-OH is 3. The van der Waals surface area contributed by atoms with E-state index < -0.39 is 29.2 Å². The van der Waals surface area contributed by atoms with E-state index in [2.05, 4.69) is 0 Å². The van der Waals surface area contributed by atoms with Gasteiger partial charge >= 0.3 is 11.9 Å². The highest BCUT2D eigenvalue weighted by Gasteiger charge is 2.16. The molecule has 0 aliphatic heterocycles. The number of carboxylic acids is 2. The van der Waals surface area contributed by atoms with Gasteiger partial charge in [-0.3, -0.25) is 0 Å². The average Bonchev–Trinajstić information content (AvgIpc) is 2.00. The highest BCUT2D eigenvalue weighted by atomic mass is 16.4. The molecule has 13 heavy (non-hydrogen) atoms. The van der Waals surface area contributed by atoms with Gasteiger partial charge in [-0.25, -0.2) is 9.59 Å². The summed E-state index contributed by atoms with van der Waals surface area (Å²) in [5, 5.41) is 42.0. The molecule has 0 aromatic rings. The van der Waals surface area contributed by atoms with E-state index in [9.17, 15) is 9.59 Å². The van der Waals surface area contributed by atoms with Crippen molar-refractivity contribution < 1.29 is 35.1 Å². The molecule has 0 amide bonds. The van der Waals surface area contributed by atoms with Crippen molar-refractivity contribution in [1.29, 1.82) is 0 Å². The summed E-state index contributed by atoms with van der Waals surface area (Å²) in [6.07, 6.45) is 0.133. The summed E-state index contributed by atoms with van der Waals surface area (Å²) in [7, 11) is 0. The van der Waals surface area contributed by atoms with Crippen LogP contribution in [0.5, 0.6) is 0 Å². The van der Waals surface area contributed by atoms with Crippen LogP contribution in [0.3, 0.4) is 0 Å². The summed E-state index contributed by atoms with van der Waals surface area (Å²) < 4.78 is 0. The van der Waals surface area contributed by atoms with Crippen LogP contribution in [0.1, 0.15) is 0 Å². The van der Waals surface area contributed by atoms with Crippen LogP contribution in [0, 0.1) is 0 Å². The fourth-order valence-corrected chi connectivity index (χ4v) is 0.408. The summed E-state index contributed by atoms with van der Waals surface area (Å²) >= 11 is 0. The maximum atomic E-state index is 9.98. The minimum absolute atomic E-state index is 0.133. The van der Waals surface area contributed by atoms with Crippen molar-refractivity contribution in [3.8, 4) is 0 Å². The maximum absolute atomic E-state index is 9.98. The number of carbonyl (C=O) groups is 2. The standard InChI is InChI=1S/C6H6O7/c7-2(1-3(8)9)4(10)5(11)6(12)13/h1,7,10-11H,(H,8,9)(H,12,13). The molecule has 72 valence electrons. The Kier molecular flexibility index (Phi) is 3.33. The molecule has 0 radical (unpaired) electrons. The highest BCUT2D eigenvalue weighted by molar-refractivity contribution is 5.86. The molecule has 0 aliphatic carbocycles. The second-order valence-corrected chi connectivity index (χ2v) is 1.87. The zero-order chi connectivity index (χ0) is 10.6. The Morgan fingerprint density at radius 2 is 1.31 bits per heavy atom. The number of rotatable bonds is 3. The van der Waals surface area contributed by atoms with Crippen molar-refractivity contribution >= 4 is 11.9 Å². The monoisotopic (exact) mass is 190 g/mol. The molecule has 7 heteroatoms. The molecule has 0 rings (SSSR count). The van der Waals surface area contributed by atoms with E-state index in [0.29, 0.717) is 0 Å². The van der Waals surface area contributed by atoms with E-state index in [1.807, 2.05) is 0 Å². The molecule has 0 atom stereocenters. The van der Waals surface area contributed by atoms with E-state index in [1.165, 1.54) is 0 Å². The zero-order valence-corrected chi connectivity index (χ0v) is 6.13. The summed E-state index contributed by atoms with van der Waals surface area (Å²) in [5.74, 6) is -7.66. The SMILES string of the molecule is O=C(O)C=C(O)C(O)=C(O)C(=O)O. The molecule has 0 fully saturated rings. The van der Waals surface area contributed by atoms with E-state index in [-0.39, 0.29) is 6.08 Å². The molecule has 0 saturated heterocycles. The van der Waals surface area contributed by atoms with E-state index in [1.54, 1.807) is 0 Å². The molecule has 7 nitrogen and oxygen atoms in total. The summed E-state index contributed by atoms with van der Waals surface area (Å²) in [6.45, 7) is 0. The van der Waals surface area contributed by atoms with Crippen LogP contribution >= 0.6 is 0 Å². The Hall–Kier alpha value is -2.18. The molecule has 0 aromatic carbocycles. The minimum atomic E-state index is -1.89. The Morgan fingerprint density at radius 1 is 0.846 bits per heavy atom. The third-order valence-electron chi connectivity index (χ3n) is 0.930. The van der Waals surface area contributed by atoms with Crippen LogP contribution in [0.2, 0.25) is 0 Å². The van der Waals surface area contributed by atoms with Crippen molar-refractivity contribution in [1.82, 2.24) is 0 Å². The third kappa shape index (κ3) is 3.14. The van der Waals surface area contributed by atoms with Crippen LogP contribution in [0.25, 0.3) is 0 Å². The van der Waals surface area contributed by atoms with Gasteiger partial charge in [0, 0.05) is 0 Å². The first-order chi connectivity index (χ1) is 5.86. The zero-order valence-electron chi connectivity index (χ0n) is 6.13. The van der Waals surface area contributed by atoms with Gasteiger partial charge in [-0.2, -0.15) is 0 Å². The molecular weight excluding hydrogens is 184 g/mol. The van der Waals surface area contributed by atoms with Crippen molar-refractivity contribution in [3.63, 3.8) is 0 Å². The molecule has 0 aliphatic rings. The predicted octanol–water partition coefficient (Wildman–Crippen LogP) is -0.0749. The van der Waals surface area contributed by atoms with E-state index in [0.717, 1.165) is 0 Å². The summed E-state index contributed by atoms with van der Waals surface area (Å²) in [4.78, 5) is 19.9. The fourth-order valence-electron chi connectivity index (χ4n) is 0.408. The summed E-state index contributed by atoms with van der Waals surface area (Å²) in [5.41, 5.74) is 0. The molecule has 0 heterocycles. The van der Waals surface area contributed by atoms with Crippen molar-refractivity contribution in [2.75, 3.05) is 0 Å². The molecular formula is C6H6O7. The van der Waals surface area contributed by atoms with Crippen molar-refractivity contribution in [2.24, 2.45) is 0 Å². The van der Waals surface area contributed by atoms with Gasteiger partial charge in [0.2, 0.25) is 11.5 Å². The maximum Gasteiger partial charge on any atom is 0.375 e. The van der Waals surface area contributed by atoms with Gasteiger partial charge in [-0.1, -0.05) is 0 Å². The first-order valence-corrected chi connectivity index (χ1v) is 2.85. The van der Waals surface area contributed by atoms with Crippen LogP contribution in [0.15, 0.2) is 23.4 Å². The molecule has 0 bridgehead atoms. The fraction of sp³-hybridized carbons (Fsp3) is 0. The van der Waals surface area contributed by atoms with E-state index in [4.69, 9.17) is 25.5 Å². The topological polar surface area (TPSA) is 135 Å². The number of carboxylic acid groups (broad SMARTS) is 2. The lowest BCUT2D eigenvalue weighted by molar-refractivity contribution is -0.136. The molecule has 0 saturated carbocycles. The van der Waals surface area contributed by atoms with Gasteiger partial charge < -0.3 is 25.5 Å². The molecule has 0 spiro atoms. The van der Waals surface area contributed by atoms with Crippen molar-refractivity contribution in [2.45, 2.75) is 0 Å².